The Labute approximate surface area is 249 Å². The summed E-state index contributed by atoms with van der Waals surface area (Å²) in [4.78, 5) is -2.00. The van der Waals surface area contributed by atoms with Crippen molar-refractivity contribution in [2.75, 3.05) is 5.73 Å². The van der Waals surface area contributed by atoms with E-state index in [9.17, 15) is 51.9 Å². The normalized spacial score (nSPS) is 13.3. The third-order valence-electron chi connectivity index (χ3n) is 6.26. The van der Waals surface area contributed by atoms with Gasteiger partial charge in [0.25, 0.3) is 40.5 Å². The Hall–Kier alpha value is -4.28. The highest BCUT2D eigenvalue weighted by molar-refractivity contribution is 7.87. The molecule has 0 bridgehead atoms. The zero-order valence-corrected chi connectivity index (χ0v) is 24.8. The second-order valence-electron chi connectivity index (χ2n) is 9.19. The maximum Gasteiger partial charge on any atom is 0.295 e. The van der Waals surface area contributed by atoms with Crippen LogP contribution in [0.25, 0.3) is 39.6 Å². The van der Waals surface area contributed by atoms with Crippen molar-refractivity contribution < 1.29 is 51.9 Å². The SMILES string of the molecule is Nc1ccc(/C=C/c2ccc(-n3nc4ccc5c(S(=O)(=O)O)cc(S(=O)(=O)O)cc5c4n3)cc2S(=O)(=O)O)c(S(=O)(=O)O)c1. The van der Waals surface area contributed by atoms with Crippen molar-refractivity contribution in [3.05, 3.63) is 71.8 Å². The highest BCUT2D eigenvalue weighted by Crippen LogP contribution is 2.32. The molecule has 0 saturated heterocycles. The lowest BCUT2D eigenvalue weighted by Gasteiger charge is -2.08. The van der Waals surface area contributed by atoms with Crippen LogP contribution in [-0.4, -0.2) is 66.9 Å². The van der Waals surface area contributed by atoms with E-state index in [4.69, 9.17) is 5.73 Å². The maximum absolute atomic E-state index is 12.3. The van der Waals surface area contributed by atoms with Gasteiger partial charge in [-0.15, -0.1) is 10.2 Å². The van der Waals surface area contributed by atoms with Gasteiger partial charge in [-0.3, -0.25) is 18.2 Å². The van der Waals surface area contributed by atoms with Crippen molar-refractivity contribution in [1.82, 2.24) is 15.0 Å². The first-order valence-electron chi connectivity index (χ1n) is 11.7. The lowest BCUT2D eigenvalue weighted by Crippen LogP contribution is -2.05. The fourth-order valence-corrected chi connectivity index (χ4v) is 7.09. The standard InChI is InChI=1S/C24H18N4O12S4/c25-15-5-3-13(21(9-15)42(32,33)34)1-2-14-4-6-16(10-22(14)43(35,36)37)28-26-20-8-7-18-19(24(20)27-28)11-17(41(29,30)31)12-23(18)44(38,39)40/h1-12H,25H2,(H,29,30,31)(H,32,33,34)(H,35,36,37)(H,38,39,40)/b2-1+. The van der Waals surface area contributed by atoms with E-state index >= 15 is 0 Å². The molecule has 0 saturated carbocycles. The molecule has 0 spiro atoms. The van der Waals surface area contributed by atoms with E-state index in [-0.39, 0.29) is 44.3 Å². The second kappa shape index (κ2) is 10.4. The fourth-order valence-electron chi connectivity index (χ4n) is 4.33. The summed E-state index contributed by atoms with van der Waals surface area (Å²) >= 11 is 0. The van der Waals surface area contributed by atoms with Gasteiger partial charge in [0.15, 0.2) is 0 Å². The molecule has 0 unspecified atom stereocenters. The van der Waals surface area contributed by atoms with Crippen LogP contribution in [0.4, 0.5) is 5.69 Å². The van der Waals surface area contributed by atoms with Crippen LogP contribution in [0.5, 0.6) is 0 Å². The average Bonchev–Trinajstić information content (AvgIpc) is 3.34. The lowest BCUT2D eigenvalue weighted by atomic mass is 10.1. The molecule has 0 aliphatic carbocycles. The van der Waals surface area contributed by atoms with Crippen LogP contribution >= 0.6 is 0 Å². The van der Waals surface area contributed by atoms with E-state index in [2.05, 4.69) is 10.2 Å². The van der Waals surface area contributed by atoms with Gasteiger partial charge in [0, 0.05) is 16.5 Å². The molecule has 0 atom stereocenters. The van der Waals surface area contributed by atoms with Crippen molar-refractivity contribution in [2.45, 2.75) is 19.6 Å². The van der Waals surface area contributed by atoms with E-state index in [1.807, 2.05) is 0 Å². The number of nitrogens with two attached hydrogens (primary N) is 1. The summed E-state index contributed by atoms with van der Waals surface area (Å²) in [6.07, 6.45) is 2.32. The molecule has 0 radical (unpaired) electrons. The highest BCUT2D eigenvalue weighted by atomic mass is 32.2. The van der Waals surface area contributed by atoms with Gasteiger partial charge >= 0.3 is 0 Å². The topological polar surface area (TPSA) is 274 Å². The maximum atomic E-state index is 12.3. The van der Waals surface area contributed by atoms with Crippen LogP contribution in [0.15, 0.2) is 80.2 Å². The van der Waals surface area contributed by atoms with Gasteiger partial charge in [-0.2, -0.15) is 38.5 Å². The number of aromatic nitrogens is 3. The number of fused-ring (bicyclic) bond motifs is 3. The molecule has 1 heterocycles. The average molecular weight is 683 g/mol. The molecule has 4 aromatic carbocycles. The predicted molar refractivity (Wildman–Crippen MR) is 155 cm³/mol. The summed E-state index contributed by atoms with van der Waals surface area (Å²) in [6, 6.07) is 11.1. The molecule has 1 aromatic heterocycles. The number of anilines is 1. The van der Waals surface area contributed by atoms with Gasteiger partial charge in [0.05, 0.1) is 10.6 Å². The Morgan fingerprint density at radius 1 is 0.591 bits per heavy atom. The fraction of sp³-hybridized carbons (Fsp3) is 0. The number of nitrogens with zero attached hydrogens (tertiary/aromatic N) is 3. The van der Waals surface area contributed by atoms with Crippen LogP contribution < -0.4 is 5.73 Å². The first kappa shape index (κ1) is 31.2. The van der Waals surface area contributed by atoms with Gasteiger partial charge < -0.3 is 5.73 Å². The van der Waals surface area contributed by atoms with Gasteiger partial charge in [0.1, 0.15) is 25.7 Å². The van der Waals surface area contributed by atoms with E-state index in [0.717, 1.165) is 29.1 Å². The van der Waals surface area contributed by atoms with Crippen molar-refractivity contribution in [2.24, 2.45) is 0 Å². The molecule has 20 heteroatoms. The monoisotopic (exact) mass is 682 g/mol. The van der Waals surface area contributed by atoms with Crippen LogP contribution in [-0.2, 0) is 40.5 Å². The summed E-state index contributed by atoms with van der Waals surface area (Å²) in [5, 5.41) is 8.08. The van der Waals surface area contributed by atoms with Crippen molar-refractivity contribution in [3.63, 3.8) is 0 Å². The molecule has 5 aromatic rings. The summed E-state index contributed by atoms with van der Waals surface area (Å²) in [5.74, 6) is 0. The number of nitrogen functional groups attached to an aromatic ring is 1. The van der Waals surface area contributed by atoms with Crippen LogP contribution in [0.3, 0.4) is 0 Å². The van der Waals surface area contributed by atoms with E-state index in [0.29, 0.717) is 6.07 Å². The van der Waals surface area contributed by atoms with Crippen molar-refractivity contribution in [1.29, 1.82) is 0 Å². The Bertz CT molecular complexity index is 2510. The minimum atomic E-state index is -4.98. The highest BCUT2D eigenvalue weighted by Gasteiger charge is 2.23. The molecule has 5 rings (SSSR count). The number of rotatable bonds is 7. The van der Waals surface area contributed by atoms with Gasteiger partial charge in [-0.05, 0) is 53.6 Å². The third-order valence-corrected chi connectivity index (χ3v) is 9.80. The molecular formula is C24H18N4O12S4. The minimum Gasteiger partial charge on any atom is -0.399 e. The van der Waals surface area contributed by atoms with Gasteiger partial charge in [-0.25, -0.2) is 0 Å². The van der Waals surface area contributed by atoms with Crippen LogP contribution in [0.1, 0.15) is 11.1 Å². The van der Waals surface area contributed by atoms with E-state index < -0.39 is 60.1 Å². The smallest absolute Gasteiger partial charge is 0.295 e. The zero-order chi connectivity index (χ0) is 32.4. The minimum absolute atomic E-state index is 0.0352. The summed E-state index contributed by atoms with van der Waals surface area (Å²) in [6.45, 7) is 0. The Kier molecular flexibility index (Phi) is 7.38. The molecule has 16 nitrogen and oxygen atoms in total. The van der Waals surface area contributed by atoms with Crippen LogP contribution in [0.2, 0.25) is 0 Å². The Balaban J connectivity index is 1.68. The van der Waals surface area contributed by atoms with E-state index in [1.165, 1.54) is 42.5 Å². The first-order chi connectivity index (χ1) is 20.2. The second-order valence-corrected chi connectivity index (χ2v) is 14.8. The van der Waals surface area contributed by atoms with Crippen LogP contribution in [0, 0.1) is 0 Å². The Morgan fingerprint density at radius 3 is 1.73 bits per heavy atom. The number of hydrogen-bond donors (Lipinski definition) is 5. The largest absolute Gasteiger partial charge is 0.399 e. The molecule has 6 N–H and O–H groups in total. The summed E-state index contributed by atoms with van der Waals surface area (Å²) in [7, 11) is -19.5. The summed E-state index contributed by atoms with van der Waals surface area (Å²) < 4.78 is 134. The molecular weight excluding hydrogens is 665 g/mol. The molecule has 0 fully saturated rings. The third kappa shape index (κ3) is 6.05. The zero-order valence-electron chi connectivity index (χ0n) is 21.5. The van der Waals surface area contributed by atoms with E-state index in [1.54, 1.807) is 0 Å². The molecule has 230 valence electrons. The number of benzene rings is 4. The van der Waals surface area contributed by atoms with Gasteiger partial charge in [0.2, 0.25) is 0 Å². The molecule has 0 aliphatic heterocycles. The quantitative estimate of drug-likeness (QED) is 0.0936. The van der Waals surface area contributed by atoms with Crippen molar-refractivity contribution >= 4 is 80.1 Å². The first-order valence-corrected chi connectivity index (χ1v) is 17.5. The molecule has 0 amide bonds. The summed E-state index contributed by atoms with van der Waals surface area (Å²) in [5.41, 5.74) is 5.37. The Morgan fingerprint density at radius 2 is 1.16 bits per heavy atom. The van der Waals surface area contributed by atoms with Crippen molar-refractivity contribution in [3.8, 4) is 5.69 Å². The molecule has 0 aliphatic rings. The lowest BCUT2D eigenvalue weighted by molar-refractivity contribution is 0.479. The van der Waals surface area contributed by atoms with Gasteiger partial charge in [-0.1, -0.05) is 30.4 Å². The molecule has 44 heavy (non-hydrogen) atoms. The predicted octanol–water partition coefficient (Wildman–Crippen LogP) is 2.31. The number of hydrogen-bond acceptors (Lipinski definition) is 11.